The summed E-state index contributed by atoms with van der Waals surface area (Å²) >= 11 is 1.56. The molecule has 1 N–H and O–H groups in total. The molecule has 0 radical (unpaired) electrons. The van der Waals surface area contributed by atoms with E-state index in [1.807, 2.05) is 12.1 Å². The molecule has 4 heteroatoms. The summed E-state index contributed by atoms with van der Waals surface area (Å²) in [7, 11) is 0. The van der Waals surface area contributed by atoms with Gasteiger partial charge in [-0.25, -0.2) is 0 Å². The second kappa shape index (κ2) is 5.37. The Hall–Kier alpha value is -1.00. The summed E-state index contributed by atoms with van der Waals surface area (Å²) in [6, 6.07) is 8.42. The smallest absolute Gasteiger partial charge is 0.230 e. The van der Waals surface area contributed by atoms with Crippen LogP contribution < -0.4 is 5.32 Å². The van der Waals surface area contributed by atoms with Gasteiger partial charge < -0.3 is 10.1 Å². The Kier molecular flexibility index (Phi) is 3.85. The van der Waals surface area contributed by atoms with Crippen molar-refractivity contribution in [3.8, 4) is 0 Å². The minimum atomic E-state index is 0.0823. The maximum atomic E-state index is 11.5. The minimum absolute atomic E-state index is 0.0823. The van der Waals surface area contributed by atoms with Gasteiger partial charge in [0, 0.05) is 4.90 Å². The van der Waals surface area contributed by atoms with Crippen molar-refractivity contribution >= 4 is 17.7 Å². The number of thioether (sulfide) groups is 1. The lowest BCUT2D eigenvalue weighted by molar-refractivity contribution is -0.122. The number of benzene rings is 1. The summed E-state index contributed by atoms with van der Waals surface area (Å²) in [5.41, 5.74) is 1.24. The van der Waals surface area contributed by atoms with Crippen molar-refractivity contribution < 1.29 is 9.53 Å². The molecular weight excluding hydrogens is 222 g/mol. The van der Waals surface area contributed by atoms with Gasteiger partial charge in [0.15, 0.2) is 0 Å². The van der Waals surface area contributed by atoms with E-state index in [4.69, 9.17) is 4.74 Å². The van der Waals surface area contributed by atoms with Crippen molar-refractivity contribution in [2.24, 2.45) is 0 Å². The second-order valence-corrected chi connectivity index (χ2v) is 4.95. The molecule has 1 amide bonds. The third kappa shape index (κ3) is 3.25. The van der Waals surface area contributed by atoms with E-state index in [9.17, 15) is 4.79 Å². The van der Waals surface area contributed by atoms with Crippen molar-refractivity contribution in [1.29, 1.82) is 0 Å². The molecule has 0 saturated carbocycles. The van der Waals surface area contributed by atoms with Crippen LogP contribution in [0.1, 0.15) is 5.56 Å². The molecule has 1 saturated heterocycles. The molecule has 0 bridgehead atoms. The van der Waals surface area contributed by atoms with Gasteiger partial charge in [0.2, 0.25) is 5.91 Å². The highest BCUT2D eigenvalue weighted by atomic mass is 32.2. The van der Waals surface area contributed by atoms with Crippen molar-refractivity contribution in [2.75, 3.05) is 19.0 Å². The van der Waals surface area contributed by atoms with Gasteiger partial charge in [-0.3, -0.25) is 4.79 Å². The van der Waals surface area contributed by atoms with Crippen LogP contribution in [0.15, 0.2) is 29.2 Å². The van der Waals surface area contributed by atoms with E-state index < -0.39 is 0 Å². The predicted octanol–water partition coefficient (Wildman–Crippen LogP) is 1.60. The number of carbonyl (C=O) groups is 1. The Balaban J connectivity index is 1.73. The molecule has 0 spiro atoms. The van der Waals surface area contributed by atoms with Crippen LogP contribution in [0, 0.1) is 6.92 Å². The molecule has 0 aromatic heterocycles. The molecule has 1 heterocycles. The molecule has 0 aliphatic carbocycles. The van der Waals surface area contributed by atoms with Gasteiger partial charge in [0.25, 0.3) is 0 Å². The van der Waals surface area contributed by atoms with Crippen LogP contribution in [-0.2, 0) is 9.53 Å². The van der Waals surface area contributed by atoms with Crippen LogP contribution >= 0.6 is 11.8 Å². The Labute approximate surface area is 99.6 Å². The molecule has 0 unspecified atom stereocenters. The standard InChI is InChI=1S/C12H15NO2S/c1-9-2-4-11(5-3-9)16-8-12(14)13-10-6-15-7-10/h2-5,10H,6-8H2,1H3,(H,13,14). The third-order valence-electron chi connectivity index (χ3n) is 2.39. The van der Waals surface area contributed by atoms with E-state index in [1.54, 1.807) is 11.8 Å². The quantitative estimate of drug-likeness (QED) is 0.808. The second-order valence-electron chi connectivity index (χ2n) is 3.90. The van der Waals surface area contributed by atoms with Gasteiger partial charge in [-0.1, -0.05) is 17.7 Å². The van der Waals surface area contributed by atoms with Crippen molar-refractivity contribution in [1.82, 2.24) is 5.32 Å². The molecule has 1 aromatic rings. The number of aryl methyl sites for hydroxylation is 1. The van der Waals surface area contributed by atoms with Crippen molar-refractivity contribution in [3.05, 3.63) is 29.8 Å². The monoisotopic (exact) mass is 237 g/mol. The number of rotatable bonds is 4. The highest BCUT2D eigenvalue weighted by Crippen LogP contribution is 2.17. The number of hydrogen-bond acceptors (Lipinski definition) is 3. The van der Waals surface area contributed by atoms with E-state index in [2.05, 4.69) is 24.4 Å². The van der Waals surface area contributed by atoms with E-state index in [0.717, 1.165) is 4.90 Å². The normalized spacial score (nSPS) is 15.6. The van der Waals surface area contributed by atoms with Crippen LogP contribution in [0.5, 0.6) is 0 Å². The zero-order valence-electron chi connectivity index (χ0n) is 9.23. The van der Waals surface area contributed by atoms with E-state index in [-0.39, 0.29) is 11.9 Å². The molecule has 1 aliphatic heterocycles. The van der Waals surface area contributed by atoms with Gasteiger partial charge in [-0.05, 0) is 19.1 Å². The SMILES string of the molecule is Cc1ccc(SCC(=O)NC2COC2)cc1. The van der Waals surface area contributed by atoms with Gasteiger partial charge in [-0.2, -0.15) is 0 Å². The predicted molar refractivity (Wildman–Crippen MR) is 64.7 cm³/mol. The highest BCUT2D eigenvalue weighted by Gasteiger charge is 2.19. The molecule has 2 rings (SSSR count). The maximum absolute atomic E-state index is 11.5. The summed E-state index contributed by atoms with van der Waals surface area (Å²) in [6.45, 7) is 3.36. The van der Waals surface area contributed by atoms with Crippen molar-refractivity contribution in [2.45, 2.75) is 17.9 Å². The first kappa shape index (κ1) is 11.5. The molecule has 1 aromatic carbocycles. The van der Waals surface area contributed by atoms with Gasteiger partial charge in [-0.15, -0.1) is 11.8 Å². The van der Waals surface area contributed by atoms with Gasteiger partial charge in [0.1, 0.15) is 0 Å². The molecule has 3 nitrogen and oxygen atoms in total. The molecule has 1 fully saturated rings. The number of amides is 1. The van der Waals surface area contributed by atoms with E-state index >= 15 is 0 Å². The minimum Gasteiger partial charge on any atom is -0.377 e. The Bertz CT molecular complexity index is 360. The maximum Gasteiger partial charge on any atom is 0.230 e. The van der Waals surface area contributed by atoms with Gasteiger partial charge in [0.05, 0.1) is 25.0 Å². The van der Waals surface area contributed by atoms with Crippen molar-refractivity contribution in [3.63, 3.8) is 0 Å². The lowest BCUT2D eigenvalue weighted by atomic mass is 10.2. The van der Waals surface area contributed by atoms with Crippen LogP contribution in [0.3, 0.4) is 0 Å². The first-order chi connectivity index (χ1) is 7.74. The summed E-state index contributed by atoms with van der Waals surface area (Å²) in [5, 5.41) is 2.91. The zero-order valence-corrected chi connectivity index (χ0v) is 10.0. The third-order valence-corrected chi connectivity index (χ3v) is 3.41. The number of hydrogen-bond donors (Lipinski definition) is 1. The first-order valence-corrected chi connectivity index (χ1v) is 6.29. The van der Waals surface area contributed by atoms with Crippen LogP contribution in [0.2, 0.25) is 0 Å². The fourth-order valence-corrected chi connectivity index (χ4v) is 2.08. The van der Waals surface area contributed by atoms with Gasteiger partial charge >= 0.3 is 0 Å². The van der Waals surface area contributed by atoms with E-state index in [0.29, 0.717) is 19.0 Å². The molecule has 86 valence electrons. The summed E-state index contributed by atoms with van der Waals surface area (Å²) in [6.07, 6.45) is 0. The Morgan fingerprint density at radius 1 is 1.44 bits per heavy atom. The number of nitrogens with one attached hydrogen (secondary N) is 1. The van der Waals surface area contributed by atoms with Crippen LogP contribution in [0.25, 0.3) is 0 Å². The molecule has 0 atom stereocenters. The Morgan fingerprint density at radius 2 is 2.12 bits per heavy atom. The molecule has 1 aliphatic rings. The average Bonchev–Trinajstić information content (AvgIpc) is 2.23. The number of carbonyl (C=O) groups excluding carboxylic acids is 1. The molecular formula is C12H15NO2S. The summed E-state index contributed by atoms with van der Waals surface area (Å²) in [4.78, 5) is 12.6. The zero-order chi connectivity index (χ0) is 11.4. The molecule has 16 heavy (non-hydrogen) atoms. The fraction of sp³-hybridized carbons (Fsp3) is 0.417. The lowest BCUT2D eigenvalue weighted by Crippen LogP contribution is -2.49. The highest BCUT2D eigenvalue weighted by molar-refractivity contribution is 8.00. The average molecular weight is 237 g/mol. The first-order valence-electron chi connectivity index (χ1n) is 5.30. The number of ether oxygens (including phenoxy) is 1. The Morgan fingerprint density at radius 3 is 2.69 bits per heavy atom. The van der Waals surface area contributed by atoms with E-state index in [1.165, 1.54) is 5.56 Å². The lowest BCUT2D eigenvalue weighted by Gasteiger charge is -2.26. The summed E-state index contributed by atoms with van der Waals surface area (Å²) < 4.78 is 4.99. The topological polar surface area (TPSA) is 38.3 Å². The summed E-state index contributed by atoms with van der Waals surface area (Å²) in [5.74, 6) is 0.554. The fourth-order valence-electron chi connectivity index (χ4n) is 1.37. The largest absolute Gasteiger partial charge is 0.377 e. The van der Waals surface area contributed by atoms with Crippen LogP contribution in [-0.4, -0.2) is 30.9 Å². The van der Waals surface area contributed by atoms with Crippen LogP contribution in [0.4, 0.5) is 0 Å².